The van der Waals surface area contributed by atoms with Crippen molar-refractivity contribution >= 4 is 38.8 Å². The molecular weight excluding hydrogens is 488 g/mol. The van der Waals surface area contributed by atoms with Gasteiger partial charge in [-0.3, -0.25) is 10.2 Å². The molecule has 5 N–H and O–H groups in total. The molecular formula is C23H30N6O6S. The lowest BCUT2D eigenvalue weighted by atomic mass is 10.3. The molecule has 2 aromatic carbocycles. The number of rotatable bonds is 10. The summed E-state index contributed by atoms with van der Waals surface area (Å²) in [6, 6.07) is 10.2. The Morgan fingerprint density at radius 3 is 2.69 bits per heavy atom. The van der Waals surface area contributed by atoms with Gasteiger partial charge in [0.2, 0.25) is 5.95 Å². The number of anilines is 2. The van der Waals surface area contributed by atoms with Crippen LogP contribution in [0.3, 0.4) is 0 Å². The van der Waals surface area contributed by atoms with Gasteiger partial charge in [0.05, 0.1) is 30.4 Å². The second-order valence-electron chi connectivity index (χ2n) is 8.39. The second kappa shape index (κ2) is 11.6. The zero-order valence-corrected chi connectivity index (χ0v) is 20.7. The Hall–Kier alpha value is -3.39. The summed E-state index contributed by atoms with van der Waals surface area (Å²) >= 11 is 0. The minimum Gasteiger partial charge on any atom is -0.392 e. The quantitative estimate of drug-likeness (QED) is 0.251. The van der Waals surface area contributed by atoms with E-state index in [0.717, 1.165) is 19.6 Å². The van der Waals surface area contributed by atoms with E-state index in [0.29, 0.717) is 43.0 Å². The van der Waals surface area contributed by atoms with E-state index in [4.69, 9.17) is 8.92 Å². The average Bonchev–Trinajstić information content (AvgIpc) is 3.24. The first-order chi connectivity index (χ1) is 17.3. The van der Waals surface area contributed by atoms with Crippen molar-refractivity contribution in [1.82, 2.24) is 20.2 Å². The Kier molecular flexibility index (Phi) is 8.25. The number of ether oxygens (including phenoxy) is 1. The molecule has 36 heavy (non-hydrogen) atoms. The Morgan fingerprint density at radius 1 is 1.22 bits per heavy atom. The van der Waals surface area contributed by atoms with Gasteiger partial charge in [-0.15, -0.1) is 0 Å². The highest BCUT2D eigenvalue weighted by Gasteiger charge is 2.18. The number of aromatic amines is 1. The van der Waals surface area contributed by atoms with Crippen molar-refractivity contribution in [3.8, 4) is 5.75 Å². The second-order valence-corrected chi connectivity index (χ2v) is 9.94. The first-order valence-corrected chi connectivity index (χ1v) is 13.0. The van der Waals surface area contributed by atoms with Gasteiger partial charge >= 0.3 is 16.1 Å². The molecule has 1 aromatic heterocycles. The normalized spacial score (nSPS) is 15.4. The Morgan fingerprint density at radius 2 is 1.97 bits per heavy atom. The number of benzene rings is 2. The number of imidazole rings is 1. The largest absolute Gasteiger partial charge is 0.392 e. The third-order valence-electron chi connectivity index (χ3n) is 5.45. The van der Waals surface area contributed by atoms with Gasteiger partial charge in [0, 0.05) is 44.5 Å². The molecule has 13 heteroatoms. The molecule has 0 saturated carbocycles. The van der Waals surface area contributed by atoms with Gasteiger partial charge in [-0.2, -0.15) is 8.42 Å². The molecule has 12 nitrogen and oxygen atoms in total. The van der Waals surface area contributed by atoms with Crippen LogP contribution in [0, 0.1) is 0 Å². The number of amides is 2. The van der Waals surface area contributed by atoms with Crippen LogP contribution in [0.2, 0.25) is 0 Å². The lowest BCUT2D eigenvalue weighted by Crippen LogP contribution is -2.42. The van der Waals surface area contributed by atoms with E-state index in [2.05, 4.69) is 30.8 Å². The number of aliphatic hydroxyl groups excluding tert-OH is 1. The first kappa shape index (κ1) is 25.7. The van der Waals surface area contributed by atoms with Crippen molar-refractivity contribution < 1.29 is 27.2 Å². The summed E-state index contributed by atoms with van der Waals surface area (Å²) in [5.74, 6) is 0.332. The Bertz CT molecular complexity index is 1270. The fourth-order valence-electron chi connectivity index (χ4n) is 3.58. The number of nitrogens with zero attached hydrogens (tertiary/aromatic N) is 2. The highest BCUT2D eigenvalue weighted by Crippen LogP contribution is 2.24. The molecule has 1 aliphatic rings. The molecule has 1 unspecified atom stereocenters. The minimum atomic E-state index is -4.06. The van der Waals surface area contributed by atoms with Crippen molar-refractivity contribution in [3.63, 3.8) is 0 Å². The molecule has 0 spiro atoms. The fraction of sp³-hybridized carbons (Fsp3) is 0.391. The van der Waals surface area contributed by atoms with Crippen LogP contribution in [0.25, 0.3) is 11.0 Å². The maximum atomic E-state index is 12.7. The molecule has 0 radical (unpaired) electrons. The zero-order valence-electron chi connectivity index (χ0n) is 19.9. The number of fused-ring (bicyclic) bond motifs is 1. The number of morpholine rings is 1. The molecule has 0 aliphatic carbocycles. The van der Waals surface area contributed by atoms with Gasteiger partial charge in [-0.1, -0.05) is 0 Å². The highest BCUT2D eigenvalue weighted by atomic mass is 32.2. The monoisotopic (exact) mass is 518 g/mol. The highest BCUT2D eigenvalue weighted by molar-refractivity contribution is 7.87. The lowest BCUT2D eigenvalue weighted by molar-refractivity contribution is 0.0388. The van der Waals surface area contributed by atoms with Crippen molar-refractivity contribution in [1.29, 1.82) is 0 Å². The van der Waals surface area contributed by atoms with Crippen molar-refractivity contribution in [2.45, 2.75) is 17.9 Å². The summed E-state index contributed by atoms with van der Waals surface area (Å²) < 4.78 is 36.0. The number of aromatic nitrogens is 2. The molecule has 0 bridgehead atoms. The van der Waals surface area contributed by atoms with E-state index in [1.165, 1.54) is 24.3 Å². The molecule has 1 saturated heterocycles. The first-order valence-electron chi connectivity index (χ1n) is 11.6. The van der Waals surface area contributed by atoms with E-state index in [1.807, 2.05) is 0 Å². The van der Waals surface area contributed by atoms with Gasteiger partial charge in [0.15, 0.2) is 0 Å². The van der Waals surface area contributed by atoms with Crippen molar-refractivity contribution in [2.24, 2.45) is 0 Å². The fourth-order valence-corrected chi connectivity index (χ4v) is 4.51. The van der Waals surface area contributed by atoms with Crippen LogP contribution in [0.15, 0.2) is 47.4 Å². The SMILES string of the molecule is CC(O)CNc1ccc(S(=O)(=O)Oc2ccc3nc(NC(=O)NCCN4CCOCC4)[nH]c3c2)cc1. The van der Waals surface area contributed by atoms with Crippen molar-refractivity contribution in [2.75, 3.05) is 56.6 Å². The molecule has 1 aliphatic heterocycles. The number of carbonyl (C=O) groups is 1. The van der Waals surface area contributed by atoms with Crippen LogP contribution in [0.1, 0.15) is 6.92 Å². The van der Waals surface area contributed by atoms with Gasteiger partial charge in [-0.05, 0) is 43.3 Å². The maximum absolute atomic E-state index is 12.7. The van der Waals surface area contributed by atoms with Crippen molar-refractivity contribution in [3.05, 3.63) is 42.5 Å². The van der Waals surface area contributed by atoms with Gasteiger partial charge in [0.25, 0.3) is 0 Å². The summed E-state index contributed by atoms with van der Waals surface area (Å²) in [7, 11) is -4.06. The third-order valence-corrected chi connectivity index (χ3v) is 6.71. The number of H-pyrrole nitrogens is 1. The summed E-state index contributed by atoms with van der Waals surface area (Å²) in [6.45, 7) is 6.31. The number of hydrogen-bond acceptors (Lipinski definition) is 9. The van der Waals surface area contributed by atoms with Crippen LogP contribution >= 0.6 is 0 Å². The van der Waals surface area contributed by atoms with Crippen LogP contribution in [-0.2, 0) is 14.9 Å². The Labute approximate surface area is 209 Å². The molecule has 1 fully saturated rings. The van der Waals surface area contributed by atoms with Gasteiger partial charge in [0.1, 0.15) is 10.6 Å². The van der Waals surface area contributed by atoms with E-state index in [9.17, 15) is 18.3 Å². The summed E-state index contributed by atoms with van der Waals surface area (Å²) in [5, 5.41) is 17.8. The van der Waals surface area contributed by atoms with E-state index in [1.54, 1.807) is 25.1 Å². The van der Waals surface area contributed by atoms with Crippen LogP contribution < -0.4 is 20.1 Å². The Balaban J connectivity index is 1.33. The topological polar surface area (TPSA) is 158 Å². The average molecular weight is 519 g/mol. The summed E-state index contributed by atoms with van der Waals surface area (Å²) in [4.78, 5) is 21.6. The summed E-state index contributed by atoms with van der Waals surface area (Å²) in [6.07, 6.45) is -0.528. The van der Waals surface area contributed by atoms with E-state index >= 15 is 0 Å². The smallest absolute Gasteiger partial charge is 0.339 e. The zero-order chi connectivity index (χ0) is 25.5. The predicted octanol–water partition coefficient (Wildman–Crippen LogP) is 1.58. The molecule has 2 amide bonds. The molecule has 194 valence electrons. The standard InChI is InChI=1S/C23H30N6O6S/c1-16(30)15-25-17-2-5-19(6-3-17)36(32,33)35-18-4-7-20-21(14-18)27-22(26-20)28-23(31)24-8-9-29-10-12-34-13-11-29/h2-7,14,16,25,30H,8-13,15H2,1H3,(H3,24,26,27,28,31). The number of urea groups is 1. The van der Waals surface area contributed by atoms with Crippen LogP contribution in [0.4, 0.5) is 16.4 Å². The van der Waals surface area contributed by atoms with E-state index in [-0.39, 0.29) is 16.6 Å². The molecule has 1 atom stereocenters. The molecule has 2 heterocycles. The van der Waals surface area contributed by atoms with E-state index < -0.39 is 22.3 Å². The number of carbonyl (C=O) groups excluding carboxylic acids is 1. The number of hydrogen-bond donors (Lipinski definition) is 5. The number of nitrogens with one attached hydrogen (secondary N) is 4. The third kappa shape index (κ3) is 7.07. The van der Waals surface area contributed by atoms with Crippen LogP contribution in [0.5, 0.6) is 5.75 Å². The van der Waals surface area contributed by atoms with Gasteiger partial charge < -0.3 is 29.6 Å². The predicted molar refractivity (Wildman–Crippen MR) is 135 cm³/mol. The maximum Gasteiger partial charge on any atom is 0.339 e. The lowest BCUT2D eigenvalue weighted by Gasteiger charge is -2.26. The van der Waals surface area contributed by atoms with Crippen LogP contribution in [-0.4, -0.2) is 86.5 Å². The molecule has 3 aromatic rings. The summed E-state index contributed by atoms with van der Waals surface area (Å²) in [5.41, 5.74) is 1.72. The molecule has 4 rings (SSSR count). The number of aliphatic hydroxyl groups is 1. The van der Waals surface area contributed by atoms with Gasteiger partial charge in [-0.25, -0.2) is 9.78 Å². The minimum absolute atomic E-state index is 0.00842.